The molecular formula is C26H23F4N5O. The van der Waals surface area contributed by atoms with Crippen molar-refractivity contribution in [3.8, 4) is 16.9 Å². The molecule has 3 heterocycles. The van der Waals surface area contributed by atoms with E-state index in [1.807, 2.05) is 34.6 Å². The fraction of sp³-hybridized carbons (Fsp3) is 0.346. The molecule has 2 aromatic carbocycles. The number of benzene rings is 2. The van der Waals surface area contributed by atoms with Crippen LogP contribution in [-0.4, -0.2) is 45.1 Å². The Hall–Kier alpha value is -3.69. The lowest BCUT2D eigenvalue weighted by Gasteiger charge is -2.16. The van der Waals surface area contributed by atoms with Crippen LogP contribution in [0.15, 0.2) is 54.9 Å². The summed E-state index contributed by atoms with van der Waals surface area (Å²) in [4.78, 5) is 15.3. The smallest absolute Gasteiger partial charge is 0.387 e. The van der Waals surface area contributed by atoms with Crippen LogP contribution in [0.1, 0.15) is 24.2 Å². The fourth-order valence-electron chi connectivity index (χ4n) is 5.14. The minimum atomic E-state index is -2.91. The van der Waals surface area contributed by atoms with E-state index < -0.39 is 17.9 Å². The third kappa shape index (κ3) is 3.84. The van der Waals surface area contributed by atoms with Gasteiger partial charge in [0, 0.05) is 43.0 Å². The highest BCUT2D eigenvalue weighted by molar-refractivity contribution is 5.82. The summed E-state index contributed by atoms with van der Waals surface area (Å²) in [6.45, 7) is 0.0656. The molecule has 36 heavy (non-hydrogen) atoms. The van der Waals surface area contributed by atoms with Gasteiger partial charge in [-0.15, -0.1) is 0 Å². The van der Waals surface area contributed by atoms with Gasteiger partial charge in [0.15, 0.2) is 0 Å². The molecule has 6 rings (SSSR count). The summed E-state index contributed by atoms with van der Waals surface area (Å²) in [7, 11) is 0. The third-order valence-electron chi connectivity index (χ3n) is 7.28. The van der Waals surface area contributed by atoms with Crippen molar-refractivity contribution in [2.45, 2.75) is 38.8 Å². The second-order valence-electron chi connectivity index (χ2n) is 9.54. The van der Waals surface area contributed by atoms with E-state index in [2.05, 4.69) is 15.0 Å². The normalized spacial score (nSPS) is 20.6. The molecule has 2 fully saturated rings. The number of ether oxygens (including phenoxy) is 1. The molecule has 2 aromatic heterocycles. The zero-order valence-corrected chi connectivity index (χ0v) is 19.5. The molecule has 1 aliphatic carbocycles. The molecule has 0 amide bonds. The van der Waals surface area contributed by atoms with Crippen LogP contribution >= 0.6 is 0 Å². The van der Waals surface area contributed by atoms with Crippen molar-refractivity contribution < 1.29 is 22.3 Å². The molecule has 1 saturated heterocycles. The lowest BCUT2D eigenvalue weighted by Crippen LogP contribution is -2.24. The molecule has 2 aliphatic rings. The summed E-state index contributed by atoms with van der Waals surface area (Å²) in [5.74, 6) is -1.26. The molecule has 1 aliphatic heterocycles. The Morgan fingerprint density at radius 1 is 1.06 bits per heavy atom. The number of hydrogen-bond acceptors (Lipinski definition) is 5. The number of aryl methyl sites for hydroxylation is 1. The summed E-state index contributed by atoms with van der Waals surface area (Å²) < 4.78 is 59.8. The number of fused-ring (bicyclic) bond motifs is 1. The van der Waals surface area contributed by atoms with Crippen molar-refractivity contribution in [1.29, 1.82) is 0 Å². The summed E-state index contributed by atoms with van der Waals surface area (Å²) in [5.41, 5.74) is 2.95. The van der Waals surface area contributed by atoms with Gasteiger partial charge in [-0.2, -0.15) is 8.78 Å². The Balaban J connectivity index is 1.27. The van der Waals surface area contributed by atoms with Crippen LogP contribution in [0.5, 0.6) is 5.75 Å². The number of rotatable bonds is 6. The Morgan fingerprint density at radius 2 is 1.81 bits per heavy atom. The van der Waals surface area contributed by atoms with Crippen LogP contribution in [0.25, 0.3) is 22.2 Å². The van der Waals surface area contributed by atoms with Gasteiger partial charge in [0.25, 0.3) is 5.92 Å². The average molecular weight is 497 g/mol. The van der Waals surface area contributed by atoms with Crippen LogP contribution in [-0.2, 0) is 6.54 Å². The molecule has 10 heteroatoms. The first-order chi connectivity index (χ1) is 17.2. The highest BCUT2D eigenvalue weighted by atomic mass is 19.3. The van der Waals surface area contributed by atoms with Gasteiger partial charge < -0.3 is 14.2 Å². The van der Waals surface area contributed by atoms with Crippen LogP contribution in [0, 0.1) is 12.3 Å². The first-order valence-electron chi connectivity index (χ1n) is 11.7. The Bertz CT molecular complexity index is 1440. The second kappa shape index (κ2) is 8.18. The third-order valence-corrected chi connectivity index (χ3v) is 7.28. The minimum Gasteiger partial charge on any atom is -0.434 e. The standard InChI is InChI=1S/C26H23F4N5O/c1-16-33-20-7-6-17(10-21(20)35(16)13-18-4-2-3-5-22(18)36-23(27)28)19-11-31-24(32-12-19)34-9-8-25(15-34)14-26(25,29)30/h2-7,10-12,23H,8-9,13-15H2,1H3. The lowest BCUT2D eigenvalue weighted by molar-refractivity contribution is -0.0504. The van der Waals surface area contributed by atoms with Crippen LogP contribution < -0.4 is 9.64 Å². The van der Waals surface area contributed by atoms with Gasteiger partial charge in [-0.3, -0.25) is 0 Å². The topological polar surface area (TPSA) is 56.1 Å². The molecule has 0 bridgehead atoms. The maximum Gasteiger partial charge on any atom is 0.387 e. The molecule has 4 aromatic rings. The van der Waals surface area contributed by atoms with Gasteiger partial charge in [0.1, 0.15) is 11.6 Å². The lowest BCUT2D eigenvalue weighted by atomic mass is 10.1. The maximum absolute atomic E-state index is 13.7. The molecule has 0 radical (unpaired) electrons. The van der Waals surface area contributed by atoms with E-state index in [1.54, 1.807) is 30.6 Å². The predicted octanol–water partition coefficient (Wildman–Crippen LogP) is 5.69. The summed E-state index contributed by atoms with van der Waals surface area (Å²) in [5, 5.41) is 0. The van der Waals surface area contributed by atoms with E-state index in [4.69, 9.17) is 4.74 Å². The summed E-state index contributed by atoms with van der Waals surface area (Å²) in [6, 6.07) is 12.5. The molecule has 1 spiro atoms. The van der Waals surface area contributed by atoms with Crippen LogP contribution in [0.3, 0.4) is 0 Å². The number of para-hydroxylation sites is 1. The zero-order chi connectivity index (χ0) is 25.1. The highest BCUT2D eigenvalue weighted by Crippen LogP contribution is 2.65. The van der Waals surface area contributed by atoms with Crippen molar-refractivity contribution in [3.05, 3.63) is 66.2 Å². The quantitative estimate of drug-likeness (QED) is 0.321. The Morgan fingerprint density at radius 3 is 2.50 bits per heavy atom. The number of halogens is 4. The van der Waals surface area contributed by atoms with Gasteiger partial charge in [-0.05, 0) is 37.1 Å². The highest BCUT2D eigenvalue weighted by Gasteiger charge is 2.72. The first kappa shape index (κ1) is 22.8. The maximum atomic E-state index is 13.7. The van der Waals surface area contributed by atoms with Gasteiger partial charge in [-0.1, -0.05) is 24.3 Å². The number of nitrogens with zero attached hydrogens (tertiary/aromatic N) is 5. The molecule has 0 N–H and O–H groups in total. The molecule has 1 unspecified atom stereocenters. The van der Waals surface area contributed by atoms with E-state index >= 15 is 0 Å². The van der Waals surface area contributed by atoms with E-state index in [9.17, 15) is 17.6 Å². The first-order valence-corrected chi connectivity index (χ1v) is 11.7. The van der Waals surface area contributed by atoms with E-state index in [0.717, 1.165) is 28.0 Å². The van der Waals surface area contributed by atoms with Crippen molar-refractivity contribution in [2.75, 3.05) is 18.0 Å². The van der Waals surface area contributed by atoms with Gasteiger partial charge in [0.05, 0.1) is 23.0 Å². The van der Waals surface area contributed by atoms with Crippen LogP contribution in [0.4, 0.5) is 23.5 Å². The number of hydrogen-bond donors (Lipinski definition) is 0. The van der Waals surface area contributed by atoms with Gasteiger partial charge >= 0.3 is 6.61 Å². The number of imidazole rings is 1. The van der Waals surface area contributed by atoms with Crippen LogP contribution in [0.2, 0.25) is 0 Å². The number of anilines is 1. The molecule has 186 valence electrons. The molecule has 1 saturated carbocycles. The SMILES string of the molecule is Cc1nc2ccc(-c3cnc(N4CCC5(C4)CC5(F)F)nc3)cc2n1Cc1ccccc1OC(F)F. The van der Waals surface area contributed by atoms with Crippen molar-refractivity contribution >= 4 is 17.0 Å². The molecule has 1 atom stereocenters. The fourth-order valence-corrected chi connectivity index (χ4v) is 5.14. The zero-order valence-electron chi connectivity index (χ0n) is 19.5. The van der Waals surface area contributed by atoms with Crippen molar-refractivity contribution in [3.63, 3.8) is 0 Å². The Kier molecular flexibility index (Phi) is 5.17. The number of aromatic nitrogens is 4. The monoisotopic (exact) mass is 497 g/mol. The van der Waals surface area contributed by atoms with E-state index in [-0.39, 0.29) is 18.7 Å². The molecule has 6 nitrogen and oxygen atoms in total. The minimum absolute atomic E-state index is 0.0551. The largest absolute Gasteiger partial charge is 0.434 e. The van der Waals surface area contributed by atoms with Crippen molar-refractivity contribution in [1.82, 2.24) is 19.5 Å². The van der Waals surface area contributed by atoms with Gasteiger partial charge in [-0.25, -0.2) is 23.7 Å². The van der Waals surface area contributed by atoms with Crippen molar-refractivity contribution in [2.24, 2.45) is 5.41 Å². The summed E-state index contributed by atoms with van der Waals surface area (Å²) >= 11 is 0. The Labute approximate surface area is 204 Å². The predicted molar refractivity (Wildman–Crippen MR) is 126 cm³/mol. The summed E-state index contributed by atoms with van der Waals surface area (Å²) in [6.07, 6.45) is 3.79. The molecular weight excluding hydrogens is 474 g/mol. The number of alkyl halides is 4. The van der Waals surface area contributed by atoms with Gasteiger partial charge in [0.2, 0.25) is 5.95 Å². The van der Waals surface area contributed by atoms with E-state index in [1.165, 1.54) is 6.07 Å². The second-order valence-corrected chi connectivity index (χ2v) is 9.54. The average Bonchev–Trinajstić information content (AvgIpc) is 3.13. The van der Waals surface area contributed by atoms with E-state index in [0.29, 0.717) is 31.0 Å².